The van der Waals surface area contributed by atoms with E-state index in [1.807, 2.05) is 13.8 Å². The first-order chi connectivity index (χ1) is 14.3. The summed E-state index contributed by atoms with van der Waals surface area (Å²) in [5.41, 5.74) is -0.279. The van der Waals surface area contributed by atoms with Crippen molar-refractivity contribution in [2.45, 2.75) is 84.3 Å². The van der Waals surface area contributed by atoms with Crippen LogP contribution in [0.3, 0.4) is 0 Å². The second kappa shape index (κ2) is 6.36. The minimum Gasteiger partial charge on any atom is -0.390 e. The summed E-state index contributed by atoms with van der Waals surface area (Å²) in [5.74, 6) is 6.55. The van der Waals surface area contributed by atoms with Gasteiger partial charge in [0.2, 0.25) is 0 Å². The number of fused-ring (bicyclic) bond motifs is 7. The monoisotopic (exact) mass is 412 g/mol. The highest BCUT2D eigenvalue weighted by atomic mass is 16.3. The van der Waals surface area contributed by atoms with E-state index in [1.165, 1.54) is 38.5 Å². The number of aliphatic hydroxyl groups is 1. The molecule has 1 aromatic heterocycles. The Labute approximate surface area is 179 Å². The first-order valence-electron chi connectivity index (χ1n) is 12.3. The van der Waals surface area contributed by atoms with Gasteiger partial charge in [-0.15, -0.1) is 5.10 Å². The topological polar surface area (TPSA) is 80.9 Å². The normalized spacial score (nSPS) is 51.5. The Balaban J connectivity index is 1.24. The van der Waals surface area contributed by atoms with Crippen LogP contribution in [0.15, 0.2) is 0 Å². The van der Waals surface area contributed by atoms with Gasteiger partial charge in [-0.1, -0.05) is 6.92 Å². The molecule has 0 aromatic carbocycles. The van der Waals surface area contributed by atoms with Gasteiger partial charge in [-0.2, -0.15) is 0 Å². The molecule has 6 heteroatoms. The molecular formula is C24H36N4O2. The smallest absolute Gasteiger partial charge is 0.158 e. The van der Waals surface area contributed by atoms with E-state index in [-0.39, 0.29) is 11.3 Å². The lowest BCUT2D eigenvalue weighted by Gasteiger charge is -2.57. The third kappa shape index (κ3) is 2.71. The Hall–Kier alpha value is -1.30. The molecule has 6 nitrogen and oxygen atoms in total. The number of aromatic nitrogens is 4. The van der Waals surface area contributed by atoms with Gasteiger partial charge in [0.05, 0.1) is 5.60 Å². The van der Waals surface area contributed by atoms with Gasteiger partial charge in [-0.3, -0.25) is 4.79 Å². The molecule has 30 heavy (non-hydrogen) atoms. The van der Waals surface area contributed by atoms with Crippen LogP contribution in [-0.2, 0) is 11.3 Å². The van der Waals surface area contributed by atoms with Crippen molar-refractivity contribution in [1.29, 1.82) is 0 Å². The third-order valence-electron chi connectivity index (χ3n) is 10.4. The van der Waals surface area contributed by atoms with Gasteiger partial charge in [0.15, 0.2) is 5.78 Å². The number of nitrogens with zero attached hydrogens (tertiary/aromatic N) is 4. The van der Waals surface area contributed by atoms with Crippen molar-refractivity contribution in [2.24, 2.45) is 52.8 Å². The number of rotatable bonds is 3. The zero-order chi connectivity index (χ0) is 20.8. The number of aryl methyl sites for hydroxylation is 1. The van der Waals surface area contributed by atoms with E-state index in [0.29, 0.717) is 18.2 Å². The number of hydrogen-bond acceptors (Lipinski definition) is 5. The van der Waals surface area contributed by atoms with E-state index in [0.717, 1.165) is 54.2 Å². The van der Waals surface area contributed by atoms with E-state index in [4.69, 9.17) is 0 Å². The summed E-state index contributed by atoms with van der Waals surface area (Å²) in [5, 5.41) is 22.3. The average Bonchev–Trinajstić information content (AvgIpc) is 3.24. The highest BCUT2D eigenvalue weighted by molar-refractivity contribution is 5.83. The maximum Gasteiger partial charge on any atom is 0.158 e. The molecule has 0 saturated heterocycles. The number of ketones is 1. The lowest BCUT2D eigenvalue weighted by atomic mass is 9.48. The van der Waals surface area contributed by atoms with Gasteiger partial charge in [0.1, 0.15) is 12.4 Å². The van der Waals surface area contributed by atoms with Crippen LogP contribution >= 0.6 is 0 Å². The Morgan fingerprint density at radius 2 is 1.87 bits per heavy atom. The van der Waals surface area contributed by atoms with Crippen molar-refractivity contribution in [2.75, 3.05) is 0 Å². The number of Topliss-reactive ketones (excluding diaryl/α,β-unsaturated/α-hetero) is 1. The molecule has 0 aliphatic heterocycles. The molecule has 1 aromatic rings. The molecule has 164 valence electrons. The second-order valence-electron chi connectivity index (χ2n) is 12.0. The molecule has 0 amide bonds. The Bertz CT molecular complexity index is 865. The third-order valence-corrected chi connectivity index (χ3v) is 10.4. The van der Waals surface area contributed by atoms with E-state index < -0.39 is 5.60 Å². The van der Waals surface area contributed by atoms with E-state index in [2.05, 4.69) is 22.4 Å². The van der Waals surface area contributed by atoms with E-state index in [1.54, 1.807) is 4.68 Å². The zero-order valence-electron chi connectivity index (χ0n) is 18.6. The van der Waals surface area contributed by atoms with E-state index in [9.17, 15) is 9.90 Å². The van der Waals surface area contributed by atoms with E-state index >= 15 is 0 Å². The van der Waals surface area contributed by atoms with Crippen LogP contribution in [-0.4, -0.2) is 36.7 Å². The molecule has 1 N–H and O–H groups in total. The maximum atomic E-state index is 13.5. The van der Waals surface area contributed by atoms with Gasteiger partial charge in [0.25, 0.3) is 0 Å². The Kier molecular flexibility index (Phi) is 4.11. The summed E-state index contributed by atoms with van der Waals surface area (Å²) in [6.07, 6.45) is 9.53. The van der Waals surface area contributed by atoms with Gasteiger partial charge in [-0.05, 0) is 122 Å². The molecule has 5 fully saturated rings. The van der Waals surface area contributed by atoms with Gasteiger partial charge in [-0.25, -0.2) is 4.68 Å². The van der Waals surface area contributed by atoms with Crippen molar-refractivity contribution in [1.82, 2.24) is 20.2 Å². The molecule has 5 aliphatic rings. The SMILES string of the molecule is Cc1nnnn1CC(=O)[C@H]1[C@H]2C[C@H]2[C@H]2[C@@H]3CC[C@@H]4C[C@](C)(O)CC[C@@H]4[C@H]3CC[C@@]21C. The van der Waals surface area contributed by atoms with Gasteiger partial charge in [0, 0.05) is 5.92 Å². The number of tetrazole rings is 1. The van der Waals surface area contributed by atoms with Crippen molar-refractivity contribution in [3.8, 4) is 0 Å². The van der Waals surface area contributed by atoms with Crippen LogP contribution < -0.4 is 0 Å². The summed E-state index contributed by atoms with van der Waals surface area (Å²) >= 11 is 0. The second-order valence-corrected chi connectivity index (χ2v) is 12.0. The van der Waals surface area contributed by atoms with Crippen LogP contribution in [0, 0.1) is 59.7 Å². The lowest BCUT2D eigenvalue weighted by Crippen LogP contribution is -2.52. The molecule has 0 bridgehead atoms. The first kappa shape index (κ1) is 19.4. The fraction of sp³-hybridized carbons (Fsp3) is 0.917. The predicted molar refractivity (Wildman–Crippen MR) is 111 cm³/mol. The first-order valence-corrected chi connectivity index (χ1v) is 12.3. The molecule has 1 heterocycles. The number of carbonyl (C=O) groups excluding carboxylic acids is 1. The summed E-state index contributed by atoms with van der Waals surface area (Å²) < 4.78 is 1.68. The van der Waals surface area contributed by atoms with Gasteiger partial charge >= 0.3 is 0 Å². The Morgan fingerprint density at radius 3 is 2.63 bits per heavy atom. The zero-order valence-corrected chi connectivity index (χ0v) is 18.6. The Morgan fingerprint density at radius 1 is 1.07 bits per heavy atom. The molecular weight excluding hydrogens is 376 g/mol. The molecule has 0 radical (unpaired) electrons. The van der Waals surface area contributed by atoms with Crippen LogP contribution in [0.5, 0.6) is 0 Å². The summed E-state index contributed by atoms with van der Waals surface area (Å²) in [7, 11) is 0. The summed E-state index contributed by atoms with van der Waals surface area (Å²) in [6, 6.07) is 0. The quantitative estimate of drug-likeness (QED) is 0.823. The fourth-order valence-electron chi connectivity index (χ4n) is 9.30. The van der Waals surface area contributed by atoms with Crippen molar-refractivity contribution < 1.29 is 9.90 Å². The van der Waals surface area contributed by atoms with Crippen LogP contribution in [0.25, 0.3) is 0 Å². The van der Waals surface area contributed by atoms with Crippen molar-refractivity contribution >= 4 is 5.78 Å². The largest absolute Gasteiger partial charge is 0.390 e. The molecule has 0 unspecified atom stereocenters. The molecule has 0 spiro atoms. The van der Waals surface area contributed by atoms with Crippen molar-refractivity contribution in [3.05, 3.63) is 5.82 Å². The minimum absolute atomic E-state index is 0.167. The molecule has 10 atom stereocenters. The predicted octanol–water partition coefficient (Wildman–Crippen LogP) is 3.43. The molecule has 5 aliphatic carbocycles. The fourth-order valence-corrected chi connectivity index (χ4v) is 9.30. The standard InChI is InChI=1S/C24H36N4O2/c1-13-25-26-27-28(13)12-20(29)22-19-10-18(19)21-17-5-4-14-11-23(2,30)8-6-15(14)16(17)7-9-24(21,22)3/h14-19,21-22,30H,4-12H2,1-3H3/t14-,15+,16-,17-,18-,19+,21-,22-,23-,24+/m1/s1. The van der Waals surface area contributed by atoms with Crippen LogP contribution in [0.4, 0.5) is 0 Å². The number of carbonyl (C=O) groups is 1. The highest BCUT2D eigenvalue weighted by Crippen LogP contribution is 2.74. The van der Waals surface area contributed by atoms with Crippen molar-refractivity contribution in [3.63, 3.8) is 0 Å². The highest BCUT2D eigenvalue weighted by Gasteiger charge is 2.70. The summed E-state index contributed by atoms with van der Waals surface area (Å²) in [4.78, 5) is 13.5. The van der Waals surface area contributed by atoms with Gasteiger partial charge < -0.3 is 5.11 Å². The average molecular weight is 413 g/mol. The summed E-state index contributed by atoms with van der Waals surface area (Å²) in [6.45, 7) is 6.70. The molecule has 5 saturated carbocycles. The lowest BCUT2D eigenvalue weighted by molar-refractivity contribution is -0.136. The van der Waals surface area contributed by atoms with Crippen LogP contribution in [0.1, 0.15) is 71.0 Å². The van der Waals surface area contributed by atoms with Crippen LogP contribution in [0.2, 0.25) is 0 Å². The maximum absolute atomic E-state index is 13.5. The number of hydrogen-bond donors (Lipinski definition) is 1. The molecule has 6 rings (SSSR count). The minimum atomic E-state index is -0.446.